The van der Waals surface area contributed by atoms with Gasteiger partial charge in [-0.05, 0) is 18.8 Å². The van der Waals surface area contributed by atoms with Gasteiger partial charge in [0.25, 0.3) is 0 Å². The molecule has 0 aromatic heterocycles. The van der Waals surface area contributed by atoms with Crippen LogP contribution in [0.2, 0.25) is 0 Å². The average Bonchev–Trinajstić information content (AvgIpc) is 3.17. The summed E-state index contributed by atoms with van der Waals surface area (Å²) in [5.74, 6) is -5.13. The molecule has 0 aromatic rings. The second-order valence-corrected chi connectivity index (χ2v) is 7.35. The number of nitrogens with zero attached hydrogens (tertiary/aromatic N) is 1. The van der Waals surface area contributed by atoms with Crippen LogP contribution < -0.4 is 16.4 Å². The molecule has 1 rings (SSSR count). The summed E-state index contributed by atoms with van der Waals surface area (Å²) < 4.78 is 0. The third kappa shape index (κ3) is 6.66. The van der Waals surface area contributed by atoms with E-state index in [0.29, 0.717) is 12.8 Å². The number of nitrogens with two attached hydrogens (primary N) is 1. The molecule has 30 heavy (non-hydrogen) atoms. The molecule has 1 saturated heterocycles. The smallest absolute Gasteiger partial charge is 0.326 e. The zero-order valence-electron chi connectivity index (χ0n) is 17.0. The third-order valence-corrected chi connectivity index (χ3v) is 5.14. The van der Waals surface area contributed by atoms with E-state index in [1.807, 2.05) is 0 Å². The lowest BCUT2D eigenvalue weighted by molar-refractivity contribution is -0.145. The van der Waals surface area contributed by atoms with E-state index in [1.165, 1.54) is 0 Å². The quantitative estimate of drug-likeness (QED) is 0.212. The van der Waals surface area contributed by atoms with E-state index in [2.05, 4.69) is 10.6 Å². The van der Waals surface area contributed by atoms with Crippen molar-refractivity contribution in [1.29, 1.82) is 0 Å². The molecule has 0 spiro atoms. The Kier molecular flexibility index (Phi) is 9.66. The maximum Gasteiger partial charge on any atom is 0.326 e. The summed E-state index contributed by atoms with van der Waals surface area (Å²) in [7, 11) is 0. The number of hydrogen-bond donors (Lipinski definition) is 6. The van der Waals surface area contributed by atoms with Gasteiger partial charge in [0.15, 0.2) is 0 Å². The van der Waals surface area contributed by atoms with Crippen molar-refractivity contribution < 1.29 is 39.3 Å². The van der Waals surface area contributed by atoms with Crippen LogP contribution in [0, 0.1) is 5.92 Å². The Bertz CT molecular complexity index is 671. The number of hydrogen-bond acceptors (Lipinski definition) is 7. The molecule has 0 aliphatic carbocycles. The van der Waals surface area contributed by atoms with E-state index >= 15 is 0 Å². The molecule has 12 nitrogen and oxygen atoms in total. The standard InChI is InChI=1S/C18H30N4O8/c1-3-9(2)14(18(29)30)21-15(26)11(8-23)20-16(27)12-5-4-6-22(12)17(28)10(19)7-13(24)25/h9-12,14,23H,3-8,19H2,1-2H3,(H,20,27)(H,21,26)(H,24,25)(H,29,30). The van der Waals surface area contributed by atoms with Crippen LogP contribution in [0.1, 0.15) is 39.5 Å². The van der Waals surface area contributed by atoms with Crippen molar-refractivity contribution in [2.75, 3.05) is 13.2 Å². The van der Waals surface area contributed by atoms with Gasteiger partial charge in [0.1, 0.15) is 18.1 Å². The van der Waals surface area contributed by atoms with Gasteiger partial charge in [-0.2, -0.15) is 0 Å². The Balaban J connectivity index is 2.81. The first-order valence-electron chi connectivity index (χ1n) is 9.75. The second-order valence-electron chi connectivity index (χ2n) is 7.35. The largest absolute Gasteiger partial charge is 0.481 e. The summed E-state index contributed by atoms with van der Waals surface area (Å²) in [6, 6.07) is -4.87. The van der Waals surface area contributed by atoms with Gasteiger partial charge < -0.3 is 36.6 Å². The maximum absolute atomic E-state index is 12.6. The molecular formula is C18H30N4O8. The molecule has 0 saturated carbocycles. The highest BCUT2D eigenvalue weighted by atomic mass is 16.4. The number of carboxylic acids is 2. The number of aliphatic hydroxyl groups excluding tert-OH is 1. The lowest BCUT2D eigenvalue weighted by atomic mass is 9.99. The summed E-state index contributed by atoms with van der Waals surface area (Å²) in [5, 5.41) is 32.2. The Morgan fingerprint density at radius 1 is 1.17 bits per heavy atom. The fourth-order valence-corrected chi connectivity index (χ4v) is 3.19. The Morgan fingerprint density at radius 3 is 2.30 bits per heavy atom. The van der Waals surface area contributed by atoms with Crippen molar-refractivity contribution >= 4 is 29.7 Å². The summed E-state index contributed by atoms with van der Waals surface area (Å²) in [6.45, 7) is 2.84. The molecule has 7 N–H and O–H groups in total. The predicted octanol–water partition coefficient (Wildman–Crippen LogP) is -2.13. The Morgan fingerprint density at radius 2 is 1.80 bits per heavy atom. The zero-order chi connectivity index (χ0) is 23.0. The molecule has 5 unspecified atom stereocenters. The number of likely N-dealkylation sites (tertiary alicyclic amines) is 1. The second kappa shape index (κ2) is 11.5. The van der Waals surface area contributed by atoms with Gasteiger partial charge in [-0.25, -0.2) is 4.79 Å². The van der Waals surface area contributed by atoms with E-state index in [0.717, 1.165) is 4.90 Å². The van der Waals surface area contributed by atoms with Crippen LogP contribution in [0.4, 0.5) is 0 Å². The lowest BCUT2D eigenvalue weighted by Crippen LogP contribution is -2.58. The summed E-state index contributed by atoms with van der Waals surface area (Å²) >= 11 is 0. The molecule has 3 amide bonds. The highest BCUT2D eigenvalue weighted by Gasteiger charge is 2.38. The molecule has 0 aromatic carbocycles. The van der Waals surface area contributed by atoms with Crippen molar-refractivity contribution in [3.8, 4) is 0 Å². The van der Waals surface area contributed by atoms with Crippen LogP contribution in [0.25, 0.3) is 0 Å². The van der Waals surface area contributed by atoms with Gasteiger partial charge in [-0.3, -0.25) is 19.2 Å². The first-order valence-corrected chi connectivity index (χ1v) is 9.75. The number of nitrogens with one attached hydrogen (secondary N) is 2. The van der Waals surface area contributed by atoms with Gasteiger partial charge in [0.2, 0.25) is 17.7 Å². The molecule has 1 heterocycles. The number of carboxylic acid groups (broad SMARTS) is 2. The van der Waals surface area contributed by atoms with E-state index in [4.69, 9.17) is 10.8 Å². The predicted molar refractivity (Wildman–Crippen MR) is 103 cm³/mol. The Labute approximate surface area is 173 Å². The summed E-state index contributed by atoms with van der Waals surface area (Å²) in [4.78, 5) is 60.7. The van der Waals surface area contributed by atoms with Crippen molar-refractivity contribution in [3.05, 3.63) is 0 Å². The molecular weight excluding hydrogens is 400 g/mol. The topological polar surface area (TPSA) is 199 Å². The highest BCUT2D eigenvalue weighted by Crippen LogP contribution is 2.19. The van der Waals surface area contributed by atoms with Gasteiger partial charge in [-0.15, -0.1) is 0 Å². The zero-order valence-corrected chi connectivity index (χ0v) is 17.0. The van der Waals surface area contributed by atoms with E-state index < -0.39 is 66.9 Å². The van der Waals surface area contributed by atoms with Gasteiger partial charge >= 0.3 is 11.9 Å². The minimum atomic E-state index is -1.41. The molecule has 1 aliphatic rings. The van der Waals surface area contributed by atoms with Crippen LogP contribution in [0.15, 0.2) is 0 Å². The first kappa shape index (κ1) is 25.3. The third-order valence-electron chi connectivity index (χ3n) is 5.14. The monoisotopic (exact) mass is 430 g/mol. The van der Waals surface area contributed by atoms with Gasteiger partial charge in [0, 0.05) is 6.54 Å². The first-order chi connectivity index (χ1) is 14.0. The number of amides is 3. The van der Waals surface area contributed by atoms with E-state index in [-0.39, 0.29) is 18.9 Å². The Hall–Kier alpha value is -2.73. The lowest BCUT2D eigenvalue weighted by Gasteiger charge is -2.28. The minimum Gasteiger partial charge on any atom is -0.481 e. The molecule has 1 fully saturated rings. The SMILES string of the molecule is CCC(C)C(NC(=O)C(CO)NC(=O)C1CCCN1C(=O)C(N)CC(=O)O)C(=O)O. The van der Waals surface area contributed by atoms with Crippen molar-refractivity contribution in [2.24, 2.45) is 11.7 Å². The number of rotatable bonds is 11. The van der Waals surface area contributed by atoms with Crippen LogP contribution in [0.5, 0.6) is 0 Å². The van der Waals surface area contributed by atoms with E-state index in [9.17, 15) is 34.2 Å². The van der Waals surface area contributed by atoms with Crippen molar-refractivity contribution in [1.82, 2.24) is 15.5 Å². The van der Waals surface area contributed by atoms with Crippen LogP contribution in [-0.4, -0.2) is 87.2 Å². The minimum absolute atomic E-state index is 0.204. The molecule has 12 heteroatoms. The van der Waals surface area contributed by atoms with E-state index in [1.54, 1.807) is 13.8 Å². The fraction of sp³-hybridized carbons (Fsp3) is 0.722. The normalized spacial score (nSPS) is 20.0. The molecule has 170 valence electrons. The van der Waals surface area contributed by atoms with Crippen LogP contribution in [-0.2, 0) is 24.0 Å². The average molecular weight is 430 g/mol. The maximum atomic E-state index is 12.6. The fourth-order valence-electron chi connectivity index (χ4n) is 3.19. The van der Waals surface area contributed by atoms with Gasteiger partial charge in [-0.1, -0.05) is 20.3 Å². The number of carbonyl (C=O) groups excluding carboxylic acids is 3. The van der Waals surface area contributed by atoms with Gasteiger partial charge in [0.05, 0.1) is 19.1 Å². The molecule has 0 bridgehead atoms. The number of aliphatic carboxylic acids is 2. The van der Waals surface area contributed by atoms with Crippen LogP contribution >= 0.6 is 0 Å². The highest BCUT2D eigenvalue weighted by molar-refractivity contribution is 5.95. The molecule has 1 aliphatic heterocycles. The number of aliphatic hydroxyl groups is 1. The molecule has 0 radical (unpaired) electrons. The van der Waals surface area contributed by atoms with Crippen LogP contribution in [0.3, 0.4) is 0 Å². The number of carbonyl (C=O) groups is 5. The summed E-state index contributed by atoms with van der Waals surface area (Å²) in [6.07, 6.45) is 0.664. The molecule has 5 atom stereocenters. The van der Waals surface area contributed by atoms with Crippen molar-refractivity contribution in [2.45, 2.75) is 63.7 Å². The summed E-state index contributed by atoms with van der Waals surface area (Å²) in [5.41, 5.74) is 5.60. The van der Waals surface area contributed by atoms with Crippen molar-refractivity contribution in [3.63, 3.8) is 0 Å².